The van der Waals surface area contributed by atoms with Crippen molar-refractivity contribution in [2.75, 3.05) is 10.6 Å². The average Bonchev–Trinajstić information content (AvgIpc) is 3.00. The summed E-state index contributed by atoms with van der Waals surface area (Å²) in [4.78, 5) is 12.4. The highest BCUT2D eigenvalue weighted by Gasteiger charge is 2.30. The molecule has 0 unspecified atom stereocenters. The Balaban J connectivity index is 2.27. The molecule has 0 bridgehead atoms. The van der Waals surface area contributed by atoms with Gasteiger partial charge in [-0.25, -0.2) is 8.42 Å². The van der Waals surface area contributed by atoms with Crippen LogP contribution in [0.3, 0.4) is 0 Å². The molecular weight excluding hydrogens is 375 g/mol. The second-order valence-corrected chi connectivity index (χ2v) is 7.83. The smallest absolute Gasteiger partial charge is 0.243 e. The van der Waals surface area contributed by atoms with Crippen LogP contribution in [0.4, 0.5) is 5.69 Å². The molecule has 0 radical (unpaired) electrons. The molecule has 2 rings (SSSR count). The lowest BCUT2D eigenvalue weighted by atomic mass is 10.2. The SMILES string of the molecule is C[C@@H](C(=O)NCc1ccco1)N(c1cc(Cl)ccc1Cl)S(C)(=O)=O. The molecule has 1 heterocycles. The van der Waals surface area contributed by atoms with E-state index in [0.29, 0.717) is 10.8 Å². The van der Waals surface area contributed by atoms with Crippen molar-refractivity contribution in [1.82, 2.24) is 5.32 Å². The van der Waals surface area contributed by atoms with Crippen LogP contribution in [0.2, 0.25) is 10.0 Å². The molecule has 0 saturated carbocycles. The molecular formula is C15H16Cl2N2O4S. The second-order valence-electron chi connectivity index (χ2n) is 5.13. The van der Waals surface area contributed by atoms with Crippen LogP contribution in [0.1, 0.15) is 12.7 Å². The molecule has 0 aliphatic rings. The van der Waals surface area contributed by atoms with Crippen molar-refractivity contribution >= 4 is 44.8 Å². The summed E-state index contributed by atoms with van der Waals surface area (Å²) >= 11 is 12.0. The number of amides is 1. The van der Waals surface area contributed by atoms with Crippen LogP contribution in [0, 0.1) is 0 Å². The molecule has 1 atom stereocenters. The average molecular weight is 391 g/mol. The number of carbonyl (C=O) groups excluding carboxylic acids is 1. The van der Waals surface area contributed by atoms with Gasteiger partial charge in [-0.1, -0.05) is 23.2 Å². The topological polar surface area (TPSA) is 79.6 Å². The largest absolute Gasteiger partial charge is 0.467 e. The van der Waals surface area contributed by atoms with Crippen molar-refractivity contribution < 1.29 is 17.6 Å². The molecule has 0 fully saturated rings. The highest BCUT2D eigenvalue weighted by atomic mass is 35.5. The zero-order valence-corrected chi connectivity index (χ0v) is 15.3. The molecule has 0 saturated heterocycles. The van der Waals surface area contributed by atoms with E-state index in [4.69, 9.17) is 27.6 Å². The molecule has 130 valence electrons. The molecule has 24 heavy (non-hydrogen) atoms. The van der Waals surface area contributed by atoms with E-state index in [9.17, 15) is 13.2 Å². The zero-order chi connectivity index (χ0) is 17.9. The molecule has 9 heteroatoms. The van der Waals surface area contributed by atoms with Gasteiger partial charge in [0, 0.05) is 5.02 Å². The van der Waals surface area contributed by atoms with Crippen molar-refractivity contribution in [1.29, 1.82) is 0 Å². The van der Waals surface area contributed by atoms with Crippen LogP contribution < -0.4 is 9.62 Å². The van der Waals surface area contributed by atoms with Gasteiger partial charge < -0.3 is 9.73 Å². The predicted molar refractivity (Wildman–Crippen MR) is 93.8 cm³/mol. The van der Waals surface area contributed by atoms with Gasteiger partial charge in [-0.3, -0.25) is 9.10 Å². The summed E-state index contributed by atoms with van der Waals surface area (Å²) in [5.41, 5.74) is 0.146. The fraction of sp³-hybridized carbons (Fsp3) is 0.267. The van der Waals surface area contributed by atoms with E-state index in [0.717, 1.165) is 10.6 Å². The minimum atomic E-state index is -3.77. The van der Waals surface area contributed by atoms with E-state index in [1.165, 1.54) is 31.4 Å². The van der Waals surface area contributed by atoms with Gasteiger partial charge in [0.25, 0.3) is 0 Å². The molecule has 1 amide bonds. The monoisotopic (exact) mass is 390 g/mol. The van der Waals surface area contributed by atoms with Crippen LogP contribution >= 0.6 is 23.2 Å². The summed E-state index contributed by atoms with van der Waals surface area (Å²) in [6.07, 6.45) is 2.49. The third-order valence-electron chi connectivity index (χ3n) is 3.25. The van der Waals surface area contributed by atoms with E-state index in [1.54, 1.807) is 12.1 Å². The van der Waals surface area contributed by atoms with E-state index < -0.39 is 22.0 Å². The third-order valence-corrected chi connectivity index (χ3v) is 5.03. The summed E-state index contributed by atoms with van der Waals surface area (Å²) < 4.78 is 30.5. The van der Waals surface area contributed by atoms with Crippen LogP contribution in [0.5, 0.6) is 0 Å². The molecule has 0 aliphatic carbocycles. The lowest BCUT2D eigenvalue weighted by molar-refractivity contribution is -0.122. The first kappa shape index (κ1) is 18.6. The van der Waals surface area contributed by atoms with Crippen molar-refractivity contribution in [3.05, 3.63) is 52.4 Å². The fourth-order valence-corrected chi connectivity index (χ4v) is 3.77. The standard InChI is InChI=1S/C15H16Cl2N2O4S/c1-10(15(20)18-9-12-4-3-7-23-12)19(24(2,21)22)14-8-11(16)5-6-13(14)17/h3-8,10H,9H2,1-2H3,(H,18,20)/t10-/m0/s1. The second kappa shape index (κ2) is 7.46. The molecule has 1 aromatic heterocycles. The number of anilines is 1. The van der Waals surface area contributed by atoms with Gasteiger partial charge in [-0.15, -0.1) is 0 Å². The van der Waals surface area contributed by atoms with E-state index in [-0.39, 0.29) is 17.3 Å². The van der Waals surface area contributed by atoms with Gasteiger partial charge in [0.05, 0.1) is 29.8 Å². The first-order valence-electron chi connectivity index (χ1n) is 6.94. The number of nitrogens with one attached hydrogen (secondary N) is 1. The first-order chi connectivity index (χ1) is 11.2. The minimum Gasteiger partial charge on any atom is -0.467 e. The number of hydrogen-bond acceptors (Lipinski definition) is 4. The lowest BCUT2D eigenvalue weighted by Gasteiger charge is -2.29. The van der Waals surface area contributed by atoms with E-state index in [2.05, 4.69) is 5.32 Å². The Kier molecular flexibility index (Phi) is 5.79. The van der Waals surface area contributed by atoms with Gasteiger partial charge >= 0.3 is 0 Å². The number of nitrogens with zero attached hydrogens (tertiary/aromatic N) is 1. The van der Waals surface area contributed by atoms with Crippen molar-refractivity contribution in [2.24, 2.45) is 0 Å². The zero-order valence-electron chi connectivity index (χ0n) is 13.0. The molecule has 1 aromatic carbocycles. The number of benzene rings is 1. The number of sulfonamides is 1. The third kappa shape index (κ3) is 4.43. The Morgan fingerprint density at radius 3 is 2.62 bits per heavy atom. The Labute approximate surface area is 150 Å². The van der Waals surface area contributed by atoms with Crippen LogP contribution in [0.15, 0.2) is 41.0 Å². The maximum absolute atomic E-state index is 12.4. The number of hydrogen-bond donors (Lipinski definition) is 1. The quantitative estimate of drug-likeness (QED) is 0.821. The van der Waals surface area contributed by atoms with E-state index in [1.807, 2.05) is 0 Å². The summed E-state index contributed by atoms with van der Waals surface area (Å²) in [6.45, 7) is 1.62. The van der Waals surface area contributed by atoms with Crippen LogP contribution in [0.25, 0.3) is 0 Å². The number of rotatable bonds is 6. The first-order valence-corrected chi connectivity index (χ1v) is 9.55. The molecule has 2 aromatic rings. The molecule has 1 N–H and O–H groups in total. The fourth-order valence-electron chi connectivity index (χ4n) is 2.17. The van der Waals surface area contributed by atoms with Crippen LogP contribution in [-0.4, -0.2) is 26.6 Å². The Bertz CT molecular complexity index is 822. The minimum absolute atomic E-state index is 0.146. The number of halogens is 2. The maximum Gasteiger partial charge on any atom is 0.243 e. The predicted octanol–water partition coefficient (Wildman–Crippen LogP) is 3.06. The van der Waals surface area contributed by atoms with Crippen molar-refractivity contribution in [3.8, 4) is 0 Å². The van der Waals surface area contributed by atoms with Crippen molar-refractivity contribution in [2.45, 2.75) is 19.5 Å². The number of carbonyl (C=O) groups is 1. The Hall–Kier alpha value is -1.70. The van der Waals surface area contributed by atoms with Crippen LogP contribution in [-0.2, 0) is 21.4 Å². The molecule has 0 spiro atoms. The summed E-state index contributed by atoms with van der Waals surface area (Å²) in [5, 5.41) is 3.11. The van der Waals surface area contributed by atoms with Crippen molar-refractivity contribution in [3.63, 3.8) is 0 Å². The summed E-state index contributed by atoms with van der Waals surface area (Å²) in [5.74, 6) is 0.0649. The van der Waals surface area contributed by atoms with Gasteiger partial charge in [0.1, 0.15) is 11.8 Å². The van der Waals surface area contributed by atoms with Gasteiger partial charge in [0.2, 0.25) is 15.9 Å². The Morgan fingerprint density at radius 2 is 2.04 bits per heavy atom. The Morgan fingerprint density at radius 1 is 1.33 bits per heavy atom. The van der Waals surface area contributed by atoms with Gasteiger partial charge in [-0.2, -0.15) is 0 Å². The normalized spacial score (nSPS) is 12.7. The maximum atomic E-state index is 12.4. The highest BCUT2D eigenvalue weighted by Crippen LogP contribution is 2.32. The number of furan rings is 1. The molecule has 6 nitrogen and oxygen atoms in total. The summed E-state index contributed by atoms with van der Waals surface area (Å²) in [6, 6.07) is 6.79. The van der Waals surface area contributed by atoms with Gasteiger partial charge in [-0.05, 0) is 37.3 Å². The molecule has 0 aliphatic heterocycles. The van der Waals surface area contributed by atoms with E-state index >= 15 is 0 Å². The van der Waals surface area contributed by atoms with Gasteiger partial charge in [0.15, 0.2) is 0 Å². The highest BCUT2D eigenvalue weighted by molar-refractivity contribution is 7.92. The lowest BCUT2D eigenvalue weighted by Crippen LogP contribution is -2.47. The summed E-state index contributed by atoms with van der Waals surface area (Å²) in [7, 11) is -3.77.